The van der Waals surface area contributed by atoms with Crippen LogP contribution >= 0.6 is 0 Å². The van der Waals surface area contributed by atoms with Crippen LogP contribution in [0.4, 0.5) is 17.6 Å². The van der Waals surface area contributed by atoms with Crippen LogP contribution in [0, 0.1) is 18.3 Å². The molecule has 2 fully saturated rings. The standard InChI is InChI=1S/C20H25N9/c1-13-10-18(26-25-13)23-20-24-19(17-4-2-9-29(17)27-20)22-14-11-15-5-6-16(12-14)28(15)8-3-7-21/h2,4,9-10,14-16H,3,5-6,8,11-12H2,1H3,(H3,22,23,24,25,26,27)/t14?,15-,16+. The molecule has 0 amide bonds. The first-order valence-electron chi connectivity index (χ1n) is 10.2. The lowest BCUT2D eigenvalue weighted by Gasteiger charge is -2.39. The lowest BCUT2D eigenvalue weighted by Crippen LogP contribution is -2.47. The van der Waals surface area contributed by atoms with E-state index in [1.54, 1.807) is 0 Å². The van der Waals surface area contributed by atoms with E-state index in [4.69, 9.17) is 10.2 Å². The predicted octanol–water partition coefficient (Wildman–Crippen LogP) is 2.83. The van der Waals surface area contributed by atoms with Crippen LogP contribution in [-0.4, -0.2) is 54.4 Å². The number of hydrogen-bond acceptors (Lipinski definition) is 7. The second kappa shape index (κ2) is 7.37. The minimum atomic E-state index is 0.375. The van der Waals surface area contributed by atoms with Gasteiger partial charge in [0.2, 0.25) is 5.95 Å². The number of aryl methyl sites for hydroxylation is 1. The van der Waals surface area contributed by atoms with Gasteiger partial charge in [0.15, 0.2) is 11.6 Å². The highest BCUT2D eigenvalue weighted by atomic mass is 15.3. The molecule has 0 saturated carbocycles. The Hall–Kier alpha value is -3.12. The Kier molecular flexibility index (Phi) is 4.56. The van der Waals surface area contributed by atoms with Crippen LogP contribution in [0.25, 0.3) is 5.52 Å². The molecule has 5 rings (SSSR count). The van der Waals surface area contributed by atoms with Crippen LogP contribution in [0.1, 0.15) is 37.8 Å². The highest BCUT2D eigenvalue weighted by Gasteiger charge is 2.40. The first-order chi connectivity index (χ1) is 14.2. The molecule has 2 aliphatic rings. The molecule has 150 valence electrons. The molecule has 2 aliphatic heterocycles. The molecule has 0 aliphatic carbocycles. The third kappa shape index (κ3) is 3.51. The summed E-state index contributed by atoms with van der Waals surface area (Å²) in [5, 5.41) is 27.5. The number of aromatic amines is 1. The number of aromatic nitrogens is 5. The van der Waals surface area contributed by atoms with E-state index in [2.05, 4.69) is 36.9 Å². The molecule has 0 radical (unpaired) electrons. The predicted molar refractivity (Wildman–Crippen MR) is 110 cm³/mol. The number of rotatable bonds is 6. The Bertz CT molecular complexity index is 1030. The second-order valence-electron chi connectivity index (χ2n) is 8.03. The minimum absolute atomic E-state index is 0.375. The highest BCUT2D eigenvalue weighted by molar-refractivity contribution is 5.69. The number of H-pyrrole nitrogens is 1. The molecule has 0 aromatic carbocycles. The van der Waals surface area contributed by atoms with E-state index >= 15 is 0 Å². The van der Waals surface area contributed by atoms with Gasteiger partial charge in [0.05, 0.1) is 6.07 Å². The molecule has 3 N–H and O–H groups in total. The molecule has 2 bridgehead atoms. The van der Waals surface area contributed by atoms with Crippen molar-refractivity contribution in [1.29, 1.82) is 5.26 Å². The number of hydrogen-bond donors (Lipinski definition) is 3. The zero-order valence-electron chi connectivity index (χ0n) is 16.5. The summed E-state index contributed by atoms with van der Waals surface area (Å²) in [4.78, 5) is 7.29. The number of fused-ring (bicyclic) bond motifs is 3. The summed E-state index contributed by atoms with van der Waals surface area (Å²) in [5.41, 5.74) is 1.94. The topological polar surface area (TPSA) is 110 Å². The van der Waals surface area contributed by atoms with Crippen LogP contribution in [0.15, 0.2) is 24.4 Å². The van der Waals surface area contributed by atoms with Gasteiger partial charge < -0.3 is 10.6 Å². The maximum absolute atomic E-state index is 8.93. The fraction of sp³-hybridized carbons (Fsp3) is 0.500. The van der Waals surface area contributed by atoms with Gasteiger partial charge in [0.25, 0.3) is 0 Å². The number of piperidine rings is 1. The molecular formula is C20H25N9. The molecule has 5 heterocycles. The van der Waals surface area contributed by atoms with Crippen LogP contribution < -0.4 is 10.6 Å². The highest BCUT2D eigenvalue weighted by Crippen LogP contribution is 2.37. The van der Waals surface area contributed by atoms with Crippen LogP contribution in [0.2, 0.25) is 0 Å². The second-order valence-corrected chi connectivity index (χ2v) is 8.03. The Morgan fingerprint density at radius 1 is 1.31 bits per heavy atom. The average Bonchev–Trinajstić information content (AvgIpc) is 3.39. The summed E-state index contributed by atoms with van der Waals surface area (Å²) in [7, 11) is 0. The molecule has 29 heavy (non-hydrogen) atoms. The van der Waals surface area contributed by atoms with Gasteiger partial charge in [-0.15, -0.1) is 5.10 Å². The van der Waals surface area contributed by atoms with Crippen molar-refractivity contribution in [3.8, 4) is 6.07 Å². The van der Waals surface area contributed by atoms with Gasteiger partial charge >= 0.3 is 0 Å². The fourth-order valence-electron chi connectivity index (χ4n) is 4.82. The van der Waals surface area contributed by atoms with Crippen molar-refractivity contribution in [1.82, 2.24) is 29.7 Å². The first kappa shape index (κ1) is 17.9. The van der Waals surface area contributed by atoms with E-state index in [-0.39, 0.29) is 0 Å². The molecule has 0 spiro atoms. The number of nitrogens with one attached hydrogen (secondary N) is 3. The maximum Gasteiger partial charge on any atom is 0.248 e. The van der Waals surface area contributed by atoms with E-state index in [1.807, 2.05) is 35.8 Å². The van der Waals surface area contributed by atoms with Gasteiger partial charge in [-0.2, -0.15) is 15.3 Å². The summed E-state index contributed by atoms with van der Waals surface area (Å²) in [6.07, 6.45) is 7.16. The fourth-order valence-corrected chi connectivity index (χ4v) is 4.82. The third-order valence-electron chi connectivity index (χ3n) is 6.04. The monoisotopic (exact) mass is 391 g/mol. The van der Waals surface area contributed by atoms with Crippen molar-refractivity contribution < 1.29 is 0 Å². The molecule has 3 aromatic heterocycles. The first-order valence-corrected chi connectivity index (χ1v) is 10.2. The Labute approximate surface area is 169 Å². The zero-order valence-corrected chi connectivity index (χ0v) is 16.5. The SMILES string of the molecule is Cc1cc(Nc2nc(NC3C[C@H]4CC[C@@H](C3)N4CCC#N)c3cccn3n2)n[nH]1. The van der Waals surface area contributed by atoms with Crippen molar-refractivity contribution in [2.24, 2.45) is 0 Å². The van der Waals surface area contributed by atoms with Gasteiger partial charge in [0, 0.05) is 49.0 Å². The average molecular weight is 391 g/mol. The maximum atomic E-state index is 8.93. The summed E-state index contributed by atoms with van der Waals surface area (Å²) in [6.45, 7) is 2.85. The zero-order chi connectivity index (χ0) is 19.8. The van der Waals surface area contributed by atoms with Crippen molar-refractivity contribution in [3.63, 3.8) is 0 Å². The normalized spacial score (nSPS) is 23.9. The number of nitrogens with zero attached hydrogens (tertiary/aromatic N) is 6. The molecule has 1 unspecified atom stereocenters. The number of anilines is 3. The summed E-state index contributed by atoms with van der Waals surface area (Å²) in [5.74, 6) is 2.05. The van der Waals surface area contributed by atoms with Crippen molar-refractivity contribution in [3.05, 3.63) is 30.1 Å². The van der Waals surface area contributed by atoms with Crippen molar-refractivity contribution in [2.75, 3.05) is 17.2 Å². The third-order valence-corrected chi connectivity index (χ3v) is 6.04. The smallest absolute Gasteiger partial charge is 0.248 e. The summed E-state index contributed by atoms with van der Waals surface area (Å²) in [6, 6.07) is 9.72. The van der Waals surface area contributed by atoms with E-state index in [9.17, 15) is 0 Å². The summed E-state index contributed by atoms with van der Waals surface area (Å²) >= 11 is 0. The van der Waals surface area contributed by atoms with Crippen LogP contribution in [0.5, 0.6) is 0 Å². The van der Waals surface area contributed by atoms with Crippen molar-refractivity contribution >= 4 is 23.1 Å². The Morgan fingerprint density at radius 3 is 2.86 bits per heavy atom. The van der Waals surface area contributed by atoms with E-state index in [1.165, 1.54) is 12.8 Å². The Morgan fingerprint density at radius 2 is 2.14 bits per heavy atom. The molecule has 3 aromatic rings. The lowest BCUT2D eigenvalue weighted by molar-refractivity contribution is 0.136. The van der Waals surface area contributed by atoms with Gasteiger partial charge in [0.1, 0.15) is 5.52 Å². The molecular weight excluding hydrogens is 366 g/mol. The van der Waals surface area contributed by atoms with E-state index in [0.29, 0.717) is 36.3 Å². The van der Waals surface area contributed by atoms with Crippen molar-refractivity contribution in [2.45, 2.75) is 57.2 Å². The lowest BCUT2D eigenvalue weighted by atomic mass is 9.97. The molecule has 9 nitrogen and oxygen atoms in total. The van der Waals surface area contributed by atoms with Gasteiger partial charge in [-0.25, -0.2) is 4.52 Å². The summed E-state index contributed by atoms with van der Waals surface area (Å²) < 4.78 is 1.84. The largest absolute Gasteiger partial charge is 0.365 e. The minimum Gasteiger partial charge on any atom is -0.365 e. The van der Waals surface area contributed by atoms with E-state index in [0.717, 1.165) is 36.4 Å². The quantitative estimate of drug-likeness (QED) is 0.593. The Balaban J connectivity index is 1.35. The van der Waals surface area contributed by atoms with Gasteiger partial charge in [-0.05, 0) is 44.7 Å². The molecule has 3 atom stereocenters. The van der Waals surface area contributed by atoms with Gasteiger partial charge in [-0.1, -0.05) is 0 Å². The van der Waals surface area contributed by atoms with Gasteiger partial charge in [-0.3, -0.25) is 10.00 Å². The molecule has 2 saturated heterocycles. The molecule has 9 heteroatoms. The van der Waals surface area contributed by atoms with Crippen LogP contribution in [0.3, 0.4) is 0 Å². The number of nitriles is 1. The van der Waals surface area contributed by atoms with E-state index < -0.39 is 0 Å². The van der Waals surface area contributed by atoms with Crippen LogP contribution in [-0.2, 0) is 0 Å².